The third-order valence-corrected chi connectivity index (χ3v) is 4.49. The molecule has 0 spiro atoms. The summed E-state index contributed by atoms with van der Waals surface area (Å²) in [5.41, 5.74) is 6.11. The first kappa shape index (κ1) is 11.6. The van der Waals surface area contributed by atoms with E-state index in [0.717, 1.165) is 13.7 Å². The van der Waals surface area contributed by atoms with Crippen LogP contribution < -0.4 is 5.73 Å². The highest BCUT2D eigenvalue weighted by Crippen LogP contribution is 2.34. The van der Waals surface area contributed by atoms with Crippen LogP contribution in [-0.2, 0) is 0 Å². The molecule has 0 bridgehead atoms. The number of aromatic nitrogens is 2. The molecule has 3 N–H and O–H groups in total. The third-order valence-electron chi connectivity index (χ3n) is 1.78. The summed E-state index contributed by atoms with van der Waals surface area (Å²) in [7, 11) is 0. The van der Waals surface area contributed by atoms with Crippen LogP contribution >= 0.6 is 39.2 Å². The van der Waals surface area contributed by atoms with Crippen LogP contribution in [-0.4, -0.2) is 15.2 Å². The van der Waals surface area contributed by atoms with Crippen molar-refractivity contribution in [2.45, 2.75) is 9.24 Å². The average molecular weight is 315 g/mol. The topological polar surface area (TPSA) is 75.7 Å². The van der Waals surface area contributed by atoms with Gasteiger partial charge in [-0.3, -0.25) is 5.41 Å². The molecule has 7 heteroatoms. The first-order valence-corrected chi connectivity index (χ1v) is 6.63. The van der Waals surface area contributed by atoms with E-state index in [0.29, 0.717) is 5.56 Å². The van der Waals surface area contributed by atoms with Crippen molar-refractivity contribution >= 4 is 45.1 Å². The SMILES string of the molecule is N=C(N)c1ccc(Sc2ncns2)c(Br)c1. The number of amidine groups is 1. The van der Waals surface area contributed by atoms with Crippen LogP contribution in [0.2, 0.25) is 0 Å². The monoisotopic (exact) mass is 314 g/mol. The lowest BCUT2D eigenvalue weighted by atomic mass is 10.2. The Balaban J connectivity index is 2.26. The Bertz CT molecular complexity index is 512. The molecule has 16 heavy (non-hydrogen) atoms. The van der Waals surface area contributed by atoms with Crippen molar-refractivity contribution in [1.29, 1.82) is 5.41 Å². The molecule has 2 aromatic rings. The van der Waals surface area contributed by atoms with E-state index in [1.807, 2.05) is 18.2 Å². The standard InChI is InChI=1S/C9H7BrN4S2/c10-6-3-5(8(11)12)1-2-7(6)15-9-13-4-14-16-9/h1-4H,(H3,11,12). The number of nitrogens with zero attached hydrogens (tertiary/aromatic N) is 2. The van der Waals surface area contributed by atoms with Crippen molar-refractivity contribution in [3.63, 3.8) is 0 Å². The van der Waals surface area contributed by atoms with Crippen LogP contribution in [0, 0.1) is 5.41 Å². The van der Waals surface area contributed by atoms with Gasteiger partial charge in [0.05, 0.1) is 0 Å². The number of rotatable bonds is 3. The summed E-state index contributed by atoms with van der Waals surface area (Å²) in [6.07, 6.45) is 1.53. The van der Waals surface area contributed by atoms with Gasteiger partial charge >= 0.3 is 0 Å². The highest BCUT2D eigenvalue weighted by molar-refractivity contribution is 9.10. The fraction of sp³-hybridized carbons (Fsp3) is 0. The molecule has 0 radical (unpaired) electrons. The Hall–Kier alpha value is -0.920. The summed E-state index contributed by atoms with van der Waals surface area (Å²) in [6.45, 7) is 0. The zero-order valence-electron chi connectivity index (χ0n) is 7.98. The molecule has 1 heterocycles. The first-order chi connectivity index (χ1) is 7.66. The zero-order chi connectivity index (χ0) is 11.5. The van der Waals surface area contributed by atoms with Gasteiger partial charge in [-0.25, -0.2) is 4.98 Å². The number of nitrogens with one attached hydrogen (secondary N) is 1. The molecular weight excluding hydrogens is 308 g/mol. The minimum absolute atomic E-state index is 0.0631. The van der Waals surface area contributed by atoms with Gasteiger partial charge in [-0.2, -0.15) is 4.37 Å². The second kappa shape index (κ2) is 4.94. The molecule has 0 saturated carbocycles. The van der Waals surface area contributed by atoms with Crippen LogP contribution in [0.25, 0.3) is 0 Å². The van der Waals surface area contributed by atoms with Gasteiger partial charge in [-0.1, -0.05) is 17.8 Å². The first-order valence-electron chi connectivity index (χ1n) is 4.25. The maximum absolute atomic E-state index is 7.33. The van der Waals surface area contributed by atoms with Gasteiger partial charge in [0.2, 0.25) is 0 Å². The molecule has 1 aromatic heterocycles. The molecule has 1 aromatic carbocycles. The molecular formula is C9H7BrN4S2. The fourth-order valence-electron chi connectivity index (χ4n) is 1.05. The van der Waals surface area contributed by atoms with Gasteiger partial charge in [-0.15, -0.1) is 0 Å². The van der Waals surface area contributed by atoms with Crippen molar-refractivity contribution in [3.8, 4) is 0 Å². The van der Waals surface area contributed by atoms with E-state index < -0.39 is 0 Å². The Morgan fingerprint density at radius 1 is 1.50 bits per heavy atom. The van der Waals surface area contributed by atoms with Gasteiger partial charge < -0.3 is 5.73 Å². The van der Waals surface area contributed by atoms with Crippen molar-refractivity contribution in [2.24, 2.45) is 5.73 Å². The minimum atomic E-state index is 0.0631. The Morgan fingerprint density at radius 2 is 2.31 bits per heavy atom. The van der Waals surface area contributed by atoms with E-state index in [-0.39, 0.29) is 5.84 Å². The van der Waals surface area contributed by atoms with E-state index in [9.17, 15) is 0 Å². The molecule has 0 aliphatic carbocycles. The predicted molar refractivity (Wildman–Crippen MR) is 69.2 cm³/mol. The molecule has 0 unspecified atom stereocenters. The fourth-order valence-corrected chi connectivity index (χ4v) is 3.08. The second-order valence-corrected chi connectivity index (χ2v) is 5.79. The molecule has 0 saturated heterocycles. The average Bonchev–Trinajstić information content (AvgIpc) is 2.73. The summed E-state index contributed by atoms with van der Waals surface area (Å²) in [5.74, 6) is 0.0631. The summed E-state index contributed by atoms with van der Waals surface area (Å²) in [5, 5.41) is 7.33. The van der Waals surface area contributed by atoms with Gasteiger partial charge in [0.25, 0.3) is 0 Å². The van der Waals surface area contributed by atoms with Crippen molar-refractivity contribution in [2.75, 3.05) is 0 Å². The van der Waals surface area contributed by atoms with Gasteiger partial charge in [0.1, 0.15) is 12.2 Å². The normalized spacial score (nSPS) is 10.3. The number of halogens is 1. The molecule has 0 aliphatic rings. The van der Waals surface area contributed by atoms with Crippen molar-refractivity contribution < 1.29 is 0 Å². The van der Waals surface area contributed by atoms with Gasteiger partial charge in [-0.05, 0) is 39.6 Å². The van der Waals surface area contributed by atoms with Crippen LogP contribution in [0.5, 0.6) is 0 Å². The van der Waals surface area contributed by atoms with Gasteiger partial charge in [0.15, 0.2) is 4.34 Å². The van der Waals surface area contributed by atoms with Crippen LogP contribution in [0.4, 0.5) is 0 Å². The highest BCUT2D eigenvalue weighted by Gasteiger charge is 2.06. The maximum Gasteiger partial charge on any atom is 0.174 e. The van der Waals surface area contributed by atoms with Crippen molar-refractivity contribution in [3.05, 3.63) is 34.6 Å². The number of hydrogen-bond acceptors (Lipinski definition) is 5. The molecule has 0 atom stereocenters. The summed E-state index contributed by atoms with van der Waals surface area (Å²) in [4.78, 5) is 5.12. The van der Waals surface area contributed by atoms with Gasteiger partial charge in [0, 0.05) is 14.9 Å². The highest BCUT2D eigenvalue weighted by atomic mass is 79.9. The maximum atomic E-state index is 7.33. The molecule has 0 fully saturated rings. The smallest absolute Gasteiger partial charge is 0.174 e. The molecule has 0 aliphatic heterocycles. The Kier molecular flexibility index (Phi) is 3.57. The molecule has 0 amide bonds. The summed E-state index contributed by atoms with van der Waals surface area (Å²) >= 11 is 6.32. The quantitative estimate of drug-likeness (QED) is 0.674. The predicted octanol–water partition coefficient (Wildman–Crippen LogP) is 2.74. The number of nitrogen functional groups attached to an aromatic ring is 1. The Labute approximate surface area is 109 Å². The minimum Gasteiger partial charge on any atom is -0.384 e. The van der Waals surface area contributed by atoms with Crippen LogP contribution in [0.15, 0.2) is 38.2 Å². The Morgan fingerprint density at radius 3 is 2.88 bits per heavy atom. The van der Waals surface area contributed by atoms with E-state index >= 15 is 0 Å². The second-order valence-electron chi connectivity index (χ2n) is 2.87. The number of hydrogen-bond donors (Lipinski definition) is 2. The lowest BCUT2D eigenvalue weighted by Gasteiger charge is -2.04. The largest absolute Gasteiger partial charge is 0.384 e. The lowest BCUT2D eigenvalue weighted by Crippen LogP contribution is -2.10. The van der Waals surface area contributed by atoms with E-state index in [1.165, 1.54) is 29.6 Å². The summed E-state index contributed by atoms with van der Waals surface area (Å²) in [6, 6.07) is 5.55. The van der Waals surface area contributed by atoms with Crippen LogP contribution in [0.3, 0.4) is 0 Å². The summed E-state index contributed by atoms with van der Waals surface area (Å²) < 4.78 is 5.72. The van der Waals surface area contributed by atoms with E-state index in [4.69, 9.17) is 11.1 Å². The molecule has 82 valence electrons. The molecule has 4 nitrogen and oxygen atoms in total. The molecule has 2 rings (SSSR count). The number of nitrogens with two attached hydrogens (primary N) is 1. The van der Waals surface area contributed by atoms with E-state index in [2.05, 4.69) is 25.3 Å². The van der Waals surface area contributed by atoms with Crippen molar-refractivity contribution in [1.82, 2.24) is 9.36 Å². The van der Waals surface area contributed by atoms with E-state index in [1.54, 1.807) is 0 Å². The van der Waals surface area contributed by atoms with Crippen LogP contribution in [0.1, 0.15) is 5.56 Å². The number of benzene rings is 1. The lowest BCUT2D eigenvalue weighted by molar-refractivity contribution is 1.21. The third kappa shape index (κ3) is 2.60. The zero-order valence-corrected chi connectivity index (χ0v) is 11.2.